The molecule has 1 aromatic heterocycles. The lowest BCUT2D eigenvalue weighted by molar-refractivity contribution is 0.648. The van der Waals surface area contributed by atoms with E-state index < -0.39 is 5.41 Å². The summed E-state index contributed by atoms with van der Waals surface area (Å²) in [5.41, 5.74) is 12.1. The number of fused-ring (bicyclic) bond motifs is 6. The summed E-state index contributed by atoms with van der Waals surface area (Å²) < 4.78 is 6.90. The molecule has 0 bridgehead atoms. The van der Waals surface area contributed by atoms with Crippen LogP contribution in [0.3, 0.4) is 0 Å². The van der Waals surface area contributed by atoms with E-state index in [1.54, 1.807) is 0 Å². The van der Waals surface area contributed by atoms with Crippen LogP contribution in [0.5, 0.6) is 0 Å². The van der Waals surface area contributed by atoms with Crippen LogP contribution in [0, 0.1) is 0 Å². The van der Waals surface area contributed by atoms with Crippen molar-refractivity contribution in [3.05, 3.63) is 198 Å². The molecule has 1 heterocycles. The molecule has 0 saturated carbocycles. The van der Waals surface area contributed by atoms with E-state index in [1.165, 1.54) is 27.8 Å². The van der Waals surface area contributed by atoms with Gasteiger partial charge in [0.15, 0.2) is 0 Å². The second-order valence-corrected chi connectivity index (χ2v) is 11.7. The van der Waals surface area contributed by atoms with E-state index >= 15 is 0 Å². The van der Waals surface area contributed by atoms with Gasteiger partial charge in [-0.25, -0.2) is 0 Å². The summed E-state index contributed by atoms with van der Waals surface area (Å²) in [5, 5.41) is 2.21. The molecule has 1 aliphatic carbocycles. The molecule has 0 radical (unpaired) electrons. The molecule has 0 fully saturated rings. The summed E-state index contributed by atoms with van der Waals surface area (Å²) in [6.07, 6.45) is 0. The highest BCUT2D eigenvalue weighted by Crippen LogP contribution is 2.57. The minimum Gasteiger partial charge on any atom is -0.456 e. The molecule has 45 heavy (non-hydrogen) atoms. The highest BCUT2D eigenvalue weighted by atomic mass is 16.3. The van der Waals surface area contributed by atoms with Crippen molar-refractivity contribution in [3.63, 3.8) is 0 Å². The van der Waals surface area contributed by atoms with Gasteiger partial charge in [0.05, 0.1) is 5.41 Å². The van der Waals surface area contributed by atoms with Crippen molar-refractivity contribution in [2.75, 3.05) is 4.90 Å². The van der Waals surface area contributed by atoms with Crippen LogP contribution < -0.4 is 4.90 Å². The lowest BCUT2D eigenvalue weighted by Crippen LogP contribution is -2.28. The molecule has 1 aliphatic rings. The second kappa shape index (κ2) is 10.1. The summed E-state index contributed by atoms with van der Waals surface area (Å²) in [4.78, 5) is 2.30. The van der Waals surface area contributed by atoms with Crippen LogP contribution in [-0.2, 0) is 5.41 Å². The summed E-state index contributed by atoms with van der Waals surface area (Å²) in [6.45, 7) is 0. The number of nitrogens with zero attached hydrogens (tertiary/aromatic N) is 1. The lowest BCUT2D eigenvalue weighted by Gasteiger charge is -2.33. The van der Waals surface area contributed by atoms with Crippen LogP contribution in [0.1, 0.15) is 22.3 Å². The van der Waals surface area contributed by atoms with Gasteiger partial charge >= 0.3 is 0 Å². The number of hydrogen-bond acceptors (Lipinski definition) is 2. The third-order valence-corrected chi connectivity index (χ3v) is 9.33. The quantitative estimate of drug-likeness (QED) is 0.203. The van der Waals surface area contributed by atoms with Gasteiger partial charge in [-0.1, -0.05) is 133 Å². The SMILES string of the molecule is c1ccc(N(c2ccccc2)c2ccc3oc4c(C5(c6ccccc6)c6ccccc6-c6ccccc65)cccc4c3c2)cc1. The summed E-state index contributed by atoms with van der Waals surface area (Å²) in [6, 6.07) is 62.9. The zero-order valence-corrected chi connectivity index (χ0v) is 24.6. The maximum absolute atomic E-state index is 6.90. The van der Waals surface area contributed by atoms with E-state index in [0.29, 0.717) is 0 Å². The smallest absolute Gasteiger partial charge is 0.140 e. The molecule has 7 aromatic carbocycles. The van der Waals surface area contributed by atoms with Gasteiger partial charge in [0.1, 0.15) is 11.2 Å². The molecule has 0 aliphatic heterocycles. The molecular weight excluding hydrogens is 546 g/mol. The number of furan rings is 1. The molecular formula is C43H29NO. The number of benzene rings is 7. The second-order valence-electron chi connectivity index (χ2n) is 11.7. The van der Waals surface area contributed by atoms with Crippen molar-refractivity contribution in [3.8, 4) is 11.1 Å². The Bertz CT molecular complexity index is 2240. The largest absolute Gasteiger partial charge is 0.456 e. The average Bonchev–Trinajstić information content (AvgIpc) is 3.64. The molecule has 2 heteroatoms. The van der Waals surface area contributed by atoms with Gasteiger partial charge in [0.2, 0.25) is 0 Å². The molecule has 0 spiro atoms. The molecule has 212 valence electrons. The Morgan fingerprint density at radius 3 is 1.56 bits per heavy atom. The van der Waals surface area contributed by atoms with E-state index in [-0.39, 0.29) is 0 Å². The predicted octanol–water partition coefficient (Wildman–Crippen LogP) is 11.4. The maximum atomic E-state index is 6.90. The van der Waals surface area contributed by atoms with Crippen LogP contribution in [0.4, 0.5) is 17.1 Å². The van der Waals surface area contributed by atoms with Crippen molar-refractivity contribution < 1.29 is 4.42 Å². The Balaban J connectivity index is 1.33. The van der Waals surface area contributed by atoms with Crippen LogP contribution >= 0.6 is 0 Å². The van der Waals surface area contributed by atoms with Gasteiger partial charge in [0, 0.05) is 33.4 Å². The van der Waals surface area contributed by atoms with E-state index in [4.69, 9.17) is 4.42 Å². The Morgan fingerprint density at radius 1 is 0.400 bits per heavy atom. The molecule has 0 atom stereocenters. The number of anilines is 3. The summed E-state index contributed by atoms with van der Waals surface area (Å²) >= 11 is 0. The zero-order chi connectivity index (χ0) is 29.8. The fourth-order valence-electron chi connectivity index (χ4n) is 7.50. The Labute approximate surface area is 262 Å². The standard InChI is InChI=1S/C43H29NO/c1-4-15-30(16-5-1)43(38-24-12-10-21-34(38)35-22-11-13-25-39(35)43)40-26-14-23-36-37-29-33(27-28-41(37)45-42(36)40)44(31-17-6-2-7-18-31)32-19-8-3-9-20-32/h1-29H. The first-order chi connectivity index (χ1) is 22.3. The van der Waals surface area contributed by atoms with Gasteiger partial charge in [-0.3, -0.25) is 0 Å². The Kier molecular flexibility index (Phi) is 5.76. The van der Waals surface area contributed by atoms with Crippen LogP contribution in [0.25, 0.3) is 33.1 Å². The number of hydrogen-bond donors (Lipinski definition) is 0. The fraction of sp³-hybridized carbons (Fsp3) is 0.0233. The van der Waals surface area contributed by atoms with Gasteiger partial charge in [-0.05, 0) is 70.3 Å². The third kappa shape index (κ3) is 3.76. The third-order valence-electron chi connectivity index (χ3n) is 9.33. The maximum Gasteiger partial charge on any atom is 0.140 e. The first kappa shape index (κ1) is 25.6. The Hall–Kier alpha value is -5.86. The van der Waals surface area contributed by atoms with Gasteiger partial charge in [-0.15, -0.1) is 0 Å². The predicted molar refractivity (Wildman–Crippen MR) is 186 cm³/mol. The minimum atomic E-state index is -0.523. The van der Waals surface area contributed by atoms with Crippen molar-refractivity contribution in [2.24, 2.45) is 0 Å². The van der Waals surface area contributed by atoms with Gasteiger partial charge in [-0.2, -0.15) is 0 Å². The molecule has 9 rings (SSSR count). The van der Waals surface area contributed by atoms with Gasteiger partial charge in [0.25, 0.3) is 0 Å². The topological polar surface area (TPSA) is 16.4 Å². The average molecular weight is 576 g/mol. The number of rotatable bonds is 5. The Morgan fingerprint density at radius 2 is 0.933 bits per heavy atom. The van der Waals surface area contributed by atoms with Crippen molar-refractivity contribution >= 4 is 39.0 Å². The first-order valence-corrected chi connectivity index (χ1v) is 15.4. The molecule has 0 amide bonds. The van der Waals surface area contributed by atoms with E-state index in [1.807, 2.05) is 0 Å². The van der Waals surface area contributed by atoms with E-state index in [0.717, 1.165) is 44.6 Å². The van der Waals surface area contributed by atoms with Crippen LogP contribution in [0.2, 0.25) is 0 Å². The molecule has 0 N–H and O–H groups in total. The number of para-hydroxylation sites is 3. The van der Waals surface area contributed by atoms with Gasteiger partial charge < -0.3 is 9.32 Å². The summed E-state index contributed by atoms with van der Waals surface area (Å²) in [7, 11) is 0. The van der Waals surface area contributed by atoms with Crippen LogP contribution in [-0.4, -0.2) is 0 Å². The first-order valence-electron chi connectivity index (χ1n) is 15.4. The van der Waals surface area contributed by atoms with E-state index in [9.17, 15) is 0 Å². The highest BCUT2D eigenvalue weighted by molar-refractivity contribution is 6.08. The van der Waals surface area contributed by atoms with Crippen molar-refractivity contribution in [1.29, 1.82) is 0 Å². The van der Waals surface area contributed by atoms with Crippen molar-refractivity contribution in [1.82, 2.24) is 0 Å². The zero-order valence-electron chi connectivity index (χ0n) is 24.6. The van der Waals surface area contributed by atoms with Crippen LogP contribution in [0.15, 0.2) is 180 Å². The highest BCUT2D eigenvalue weighted by Gasteiger charge is 2.47. The monoisotopic (exact) mass is 575 g/mol. The minimum absolute atomic E-state index is 0.523. The van der Waals surface area contributed by atoms with Crippen molar-refractivity contribution in [2.45, 2.75) is 5.41 Å². The molecule has 8 aromatic rings. The fourth-order valence-corrected chi connectivity index (χ4v) is 7.50. The molecule has 2 nitrogen and oxygen atoms in total. The molecule has 0 saturated heterocycles. The summed E-state index contributed by atoms with van der Waals surface area (Å²) in [5.74, 6) is 0. The lowest BCUT2D eigenvalue weighted by atomic mass is 9.67. The normalized spacial score (nSPS) is 13.1. The van der Waals surface area contributed by atoms with E-state index in [2.05, 4.69) is 181 Å². The molecule has 0 unspecified atom stereocenters.